The van der Waals surface area contributed by atoms with Gasteiger partial charge < -0.3 is 9.84 Å². The zero-order valence-corrected chi connectivity index (χ0v) is 20.0. The van der Waals surface area contributed by atoms with Gasteiger partial charge in [-0.1, -0.05) is 35.9 Å². The first kappa shape index (κ1) is 23.1. The molecule has 0 aromatic heterocycles. The molecule has 166 valence electrons. The van der Waals surface area contributed by atoms with Crippen molar-refractivity contribution in [3.8, 4) is 5.75 Å². The lowest BCUT2D eigenvalue weighted by molar-refractivity contribution is -0.113. The molecule has 33 heavy (non-hydrogen) atoms. The molecule has 3 aromatic carbocycles. The highest BCUT2D eigenvalue weighted by molar-refractivity contribution is 9.10. The van der Waals surface area contributed by atoms with Crippen LogP contribution < -0.4 is 9.64 Å². The predicted octanol–water partition coefficient (Wildman–Crippen LogP) is 6.62. The van der Waals surface area contributed by atoms with Gasteiger partial charge in [0, 0.05) is 5.02 Å². The molecule has 1 N–H and O–H groups in total. The summed E-state index contributed by atoms with van der Waals surface area (Å²) in [7, 11) is 0. The maximum Gasteiger partial charge on any atom is 0.335 e. The Bertz CT molecular complexity index is 1310. The van der Waals surface area contributed by atoms with Crippen LogP contribution in [0, 0.1) is 0 Å². The molecule has 9 heteroatoms. The number of nitrogens with zero attached hydrogens (tertiary/aromatic N) is 1. The Morgan fingerprint density at radius 1 is 1.09 bits per heavy atom. The summed E-state index contributed by atoms with van der Waals surface area (Å²) in [5.41, 5.74) is 2.04. The van der Waals surface area contributed by atoms with Crippen LogP contribution in [0.3, 0.4) is 0 Å². The predicted molar refractivity (Wildman–Crippen MR) is 132 cm³/mol. The van der Waals surface area contributed by atoms with Gasteiger partial charge in [-0.3, -0.25) is 9.59 Å². The smallest absolute Gasteiger partial charge is 0.335 e. The van der Waals surface area contributed by atoms with Crippen molar-refractivity contribution in [3.05, 3.63) is 97.8 Å². The molecular weight excluding hydrogens is 530 g/mol. The summed E-state index contributed by atoms with van der Waals surface area (Å²) in [6.45, 7) is 0.192. The van der Waals surface area contributed by atoms with Crippen LogP contribution in [0.1, 0.15) is 21.5 Å². The van der Waals surface area contributed by atoms with Gasteiger partial charge in [-0.15, -0.1) is 0 Å². The van der Waals surface area contributed by atoms with E-state index in [-0.39, 0.29) is 12.2 Å². The molecule has 0 unspecified atom stereocenters. The molecule has 1 aliphatic heterocycles. The first-order valence-corrected chi connectivity index (χ1v) is 11.6. The largest absolute Gasteiger partial charge is 0.488 e. The second-order valence-corrected chi connectivity index (χ2v) is 9.27. The van der Waals surface area contributed by atoms with Crippen molar-refractivity contribution in [1.29, 1.82) is 0 Å². The molecular formula is C24H15BrClNO5S. The third kappa shape index (κ3) is 5.30. The number of rotatable bonds is 6. The summed E-state index contributed by atoms with van der Waals surface area (Å²) in [6, 6.07) is 18.4. The van der Waals surface area contributed by atoms with Gasteiger partial charge in [-0.2, -0.15) is 0 Å². The number of imide groups is 1. The third-order valence-corrected chi connectivity index (χ3v) is 6.41. The molecule has 0 radical (unpaired) electrons. The lowest BCUT2D eigenvalue weighted by Crippen LogP contribution is -2.27. The topological polar surface area (TPSA) is 83.9 Å². The number of thioether (sulfide) groups is 1. The average Bonchev–Trinajstić information content (AvgIpc) is 3.06. The molecule has 1 aliphatic rings. The van der Waals surface area contributed by atoms with Crippen LogP contribution >= 0.6 is 39.3 Å². The fraction of sp³-hybridized carbons (Fsp3) is 0.0417. The minimum absolute atomic E-state index is 0.192. The van der Waals surface area contributed by atoms with E-state index in [9.17, 15) is 14.4 Å². The summed E-state index contributed by atoms with van der Waals surface area (Å²) in [4.78, 5) is 37.7. The van der Waals surface area contributed by atoms with Crippen LogP contribution in [0.5, 0.6) is 5.75 Å². The minimum Gasteiger partial charge on any atom is -0.488 e. The first-order chi connectivity index (χ1) is 15.8. The number of aromatic carboxylic acids is 1. The number of amides is 2. The quantitative estimate of drug-likeness (QED) is 0.351. The normalized spacial score (nSPS) is 14.7. The van der Waals surface area contributed by atoms with E-state index in [0.29, 0.717) is 31.4 Å². The van der Waals surface area contributed by atoms with E-state index in [1.54, 1.807) is 66.7 Å². The number of carboxylic acids is 1. The van der Waals surface area contributed by atoms with Crippen LogP contribution in [-0.4, -0.2) is 22.2 Å². The Kier molecular flexibility index (Phi) is 6.88. The van der Waals surface area contributed by atoms with Crippen molar-refractivity contribution in [3.63, 3.8) is 0 Å². The van der Waals surface area contributed by atoms with Crippen molar-refractivity contribution >= 4 is 68.2 Å². The third-order valence-electron chi connectivity index (χ3n) is 4.68. The van der Waals surface area contributed by atoms with E-state index < -0.39 is 17.1 Å². The first-order valence-electron chi connectivity index (χ1n) is 9.60. The van der Waals surface area contributed by atoms with Crippen LogP contribution in [0.2, 0.25) is 5.02 Å². The van der Waals surface area contributed by atoms with Crippen molar-refractivity contribution < 1.29 is 24.2 Å². The van der Waals surface area contributed by atoms with E-state index in [2.05, 4.69) is 15.9 Å². The number of halogens is 2. The van der Waals surface area contributed by atoms with Crippen LogP contribution in [0.15, 0.2) is 76.1 Å². The van der Waals surface area contributed by atoms with Gasteiger partial charge in [-0.25, -0.2) is 9.69 Å². The summed E-state index contributed by atoms with van der Waals surface area (Å²) in [5, 5.41) is 9.15. The lowest BCUT2D eigenvalue weighted by atomic mass is 10.1. The molecule has 0 atom stereocenters. The number of carbonyl (C=O) groups is 3. The Balaban J connectivity index is 1.49. The molecule has 1 fully saturated rings. The number of benzene rings is 3. The monoisotopic (exact) mass is 543 g/mol. The maximum absolute atomic E-state index is 12.8. The van der Waals surface area contributed by atoms with Crippen LogP contribution in [0.4, 0.5) is 10.5 Å². The van der Waals surface area contributed by atoms with Crippen LogP contribution in [-0.2, 0) is 11.4 Å². The fourth-order valence-electron chi connectivity index (χ4n) is 3.14. The molecule has 2 amide bonds. The minimum atomic E-state index is -0.998. The molecule has 4 rings (SSSR count). The molecule has 0 saturated carbocycles. The zero-order valence-electron chi connectivity index (χ0n) is 16.8. The molecule has 0 bridgehead atoms. The van der Waals surface area contributed by atoms with E-state index in [0.717, 1.165) is 22.2 Å². The Morgan fingerprint density at radius 3 is 2.61 bits per heavy atom. The van der Waals surface area contributed by atoms with Gasteiger partial charge in [-0.05, 0) is 87.4 Å². The van der Waals surface area contributed by atoms with Gasteiger partial charge in [0.05, 0.1) is 20.6 Å². The van der Waals surface area contributed by atoms with Gasteiger partial charge in [0.15, 0.2) is 0 Å². The molecule has 6 nitrogen and oxygen atoms in total. The number of hydrogen-bond acceptors (Lipinski definition) is 5. The highest BCUT2D eigenvalue weighted by atomic mass is 79.9. The Hall–Kier alpha value is -3.07. The van der Waals surface area contributed by atoms with Crippen molar-refractivity contribution in [2.45, 2.75) is 6.61 Å². The highest BCUT2D eigenvalue weighted by Gasteiger charge is 2.36. The van der Waals surface area contributed by atoms with Gasteiger partial charge in [0.1, 0.15) is 12.4 Å². The van der Waals surface area contributed by atoms with Crippen molar-refractivity contribution in [2.24, 2.45) is 0 Å². The highest BCUT2D eigenvalue weighted by Crippen LogP contribution is 2.37. The van der Waals surface area contributed by atoms with E-state index in [1.807, 2.05) is 0 Å². The zero-order chi connectivity index (χ0) is 23.5. The Morgan fingerprint density at radius 2 is 1.88 bits per heavy atom. The van der Waals surface area contributed by atoms with Gasteiger partial charge in [0.25, 0.3) is 11.1 Å². The fourth-order valence-corrected chi connectivity index (χ4v) is 4.67. The summed E-state index contributed by atoms with van der Waals surface area (Å²) in [5.74, 6) is -0.857. The van der Waals surface area contributed by atoms with Gasteiger partial charge in [0.2, 0.25) is 0 Å². The van der Waals surface area contributed by atoms with Gasteiger partial charge >= 0.3 is 5.97 Å². The maximum atomic E-state index is 12.8. The standard InChI is InChI=1S/C24H15BrClNO5S/c25-19-10-14(7-8-20(19)32-13-15-3-1-4-16(9-15)23(29)30)11-21-22(28)27(24(31)33-21)18-6-2-5-17(26)12-18/h1-12H,13H2,(H,29,30)/b21-11+. The molecule has 3 aromatic rings. The summed E-state index contributed by atoms with van der Waals surface area (Å²) >= 11 is 10.3. The van der Waals surface area contributed by atoms with E-state index in [4.69, 9.17) is 21.4 Å². The summed E-state index contributed by atoms with van der Waals surface area (Å²) < 4.78 is 6.45. The molecule has 1 heterocycles. The summed E-state index contributed by atoms with van der Waals surface area (Å²) in [6.07, 6.45) is 1.64. The number of carboxylic acid groups (broad SMARTS) is 1. The molecule has 1 saturated heterocycles. The Labute approximate surface area is 206 Å². The van der Waals surface area contributed by atoms with Crippen LogP contribution in [0.25, 0.3) is 6.08 Å². The number of ether oxygens (including phenoxy) is 1. The molecule has 0 aliphatic carbocycles. The van der Waals surface area contributed by atoms with Crippen molar-refractivity contribution in [2.75, 3.05) is 4.90 Å². The lowest BCUT2D eigenvalue weighted by Gasteiger charge is -2.12. The number of carbonyl (C=O) groups excluding carboxylic acids is 2. The van der Waals surface area contributed by atoms with E-state index >= 15 is 0 Å². The molecule has 0 spiro atoms. The second kappa shape index (κ2) is 9.82. The second-order valence-electron chi connectivity index (χ2n) is 6.98. The van der Waals surface area contributed by atoms with E-state index in [1.165, 1.54) is 6.07 Å². The SMILES string of the molecule is O=C(O)c1cccc(COc2ccc(/C=C3/SC(=O)N(c4cccc(Cl)c4)C3=O)cc2Br)c1. The number of anilines is 1. The van der Waals surface area contributed by atoms with Crippen molar-refractivity contribution in [1.82, 2.24) is 0 Å². The number of hydrogen-bond donors (Lipinski definition) is 1. The average molecular weight is 545 g/mol.